The Hall–Kier alpha value is -2.79. The van der Waals surface area contributed by atoms with E-state index in [1.807, 2.05) is 35.2 Å². The average Bonchev–Trinajstić information content (AvgIpc) is 2.73. The van der Waals surface area contributed by atoms with E-state index in [1.165, 1.54) is 0 Å². The van der Waals surface area contributed by atoms with Crippen LogP contribution in [0, 0.1) is 0 Å². The molecule has 3 N–H and O–H groups in total. The zero-order valence-electron chi connectivity index (χ0n) is 19.3. The summed E-state index contributed by atoms with van der Waals surface area (Å²) >= 11 is 0. The van der Waals surface area contributed by atoms with E-state index >= 15 is 0 Å². The molecule has 32 heavy (non-hydrogen) atoms. The first kappa shape index (κ1) is 22.4. The summed E-state index contributed by atoms with van der Waals surface area (Å²) in [5.74, 6) is 0. The Bertz CT molecular complexity index is 1260. The van der Waals surface area contributed by atoms with Gasteiger partial charge in [0.15, 0.2) is 1.41 Å². The van der Waals surface area contributed by atoms with Crippen molar-refractivity contribution in [2.45, 2.75) is 25.5 Å². The standard InChI is InChI=1S/C22H28N4O5S/c1-22(2,23)14-30-13-18(31-32(3,28)29)12-26(16-7-5-4-6-8-16)17-9-10-20-19(11-17)21(27)25-15-24-20/h4-11,15,18H,12-14,23H2,1-3H3,(H,24,25,27)/i/hD. The van der Waals surface area contributed by atoms with Crippen LogP contribution in [0.5, 0.6) is 0 Å². The van der Waals surface area contributed by atoms with Crippen molar-refractivity contribution in [3.63, 3.8) is 0 Å². The number of rotatable bonds is 10. The summed E-state index contributed by atoms with van der Waals surface area (Å²) in [5.41, 5.74) is 6.69. The summed E-state index contributed by atoms with van der Waals surface area (Å²) in [6, 6.07) is 14.4. The molecule has 3 aromatic rings. The lowest BCUT2D eigenvalue weighted by molar-refractivity contribution is 0.0379. The molecule has 172 valence electrons. The largest absolute Gasteiger partial charge is 0.377 e. The van der Waals surface area contributed by atoms with Crippen molar-refractivity contribution in [2.24, 2.45) is 5.73 Å². The molecule has 1 heterocycles. The van der Waals surface area contributed by atoms with Crippen LogP contribution in [0.3, 0.4) is 0 Å². The second kappa shape index (κ2) is 9.78. The molecule has 0 saturated carbocycles. The molecule has 0 aliphatic heterocycles. The molecule has 0 bridgehead atoms. The summed E-state index contributed by atoms with van der Waals surface area (Å²) in [4.78, 5) is 19.1. The number of H-pyrrole nitrogens is 1. The van der Waals surface area contributed by atoms with E-state index in [1.54, 1.807) is 32.0 Å². The van der Waals surface area contributed by atoms with Gasteiger partial charge in [0.1, 0.15) is 6.10 Å². The van der Waals surface area contributed by atoms with Crippen molar-refractivity contribution in [3.05, 3.63) is 65.2 Å². The number of para-hydroxylation sites is 1. The molecule has 0 radical (unpaired) electrons. The molecule has 1 unspecified atom stereocenters. The molecule has 10 heteroatoms. The van der Waals surface area contributed by atoms with Gasteiger partial charge < -0.3 is 20.3 Å². The Morgan fingerprint density at radius 1 is 1.22 bits per heavy atom. The van der Waals surface area contributed by atoms with Gasteiger partial charge in [0.2, 0.25) is 0 Å². The monoisotopic (exact) mass is 461 g/mol. The lowest BCUT2D eigenvalue weighted by Crippen LogP contribution is -2.40. The number of fused-ring (bicyclic) bond motifs is 1. The van der Waals surface area contributed by atoms with Gasteiger partial charge in [-0.1, -0.05) is 18.2 Å². The average molecular weight is 462 g/mol. The second-order valence-corrected chi connectivity index (χ2v) is 9.85. The number of anilines is 2. The Labute approximate surface area is 188 Å². The van der Waals surface area contributed by atoms with Crippen LogP contribution in [0.1, 0.15) is 13.8 Å². The molecule has 3 rings (SSSR count). The van der Waals surface area contributed by atoms with Crippen molar-refractivity contribution >= 4 is 32.4 Å². The summed E-state index contributed by atoms with van der Waals surface area (Å²) < 4.78 is 42.5. The third kappa shape index (κ3) is 6.86. The summed E-state index contributed by atoms with van der Waals surface area (Å²) in [6.07, 6.45) is 1.28. The zero-order valence-corrected chi connectivity index (χ0v) is 19.1. The highest BCUT2D eigenvalue weighted by molar-refractivity contribution is 7.86. The van der Waals surface area contributed by atoms with Crippen LogP contribution in [0.15, 0.2) is 59.7 Å². The molecule has 1 aromatic heterocycles. The highest BCUT2D eigenvalue weighted by atomic mass is 32.2. The lowest BCUT2D eigenvalue weighted by Gasteiger charge is -2.30. The first-order valence-electron chi connectivity index (χ1n) is 10.5. The van der Waals surface area contributed by atoms with E-state index in [2.05, 4.69) is 4.98 Å². The molecular formula is C22H28N4O5S. The molecule has 0 amide bonds. The lowest BCUT2D eigenvalue weighted by atomic mass is 10.1. The molecule has 9 nitrogen and oxygen atoms in total. The normalized spacial score (nSPS) is 13.7. The predicted molar refractivity (Wildman–Crippen MR) is 125 cm³/mol. The second-order valence-electron chi connectivity index (χ2n) is 8.25. The third-order valence-corrected chi connectivity index (χ3v) is 5.06. The zero-order chi connectivity index (χ0) is 24.2. The molecule has 1 atom stereocenters. The number of ether oxygens (including phenoxy) is 1. The molecule has 0 aliphatic carbocycles. The SMILES string of the molecule is [2H]n1cnc2ccc(N(CC(COCC(C)(C)N)OS(C)(=O)=O)c3ccccc3)cc2c1=O. The molecule has 2 aromatic carbocycles. The molecule has 0 fully saturated rings. The number of nitrogens with one attached hydrogen (secondary N) is 1. The van der Waals surface area contributed by atoms with Crippen LogP contribution < -0.4 is 16.2 Å². The fourth-order valence-electron chi connectivity index (χ4n) is 3.17. The van der Waals surface area contributed by atoms with Gasteiger partial charge in [-0.05, 0) is 44.2 Å². The highest BCUT2D eigenvalue weighted by Crippen LogP contribution is 2.28. The van der Waals surface area contributed by atoms with Gasteiger partial charge in [-0.2, -0.15) is 8.42 Å². The number of hydrogen-bond acceptors (Lipinski definition) is 8. The van der Waals surface area contributed by atoms with Crippen LogP contribution in [-0.2, 0) is 19.0 Å². The Kier molecular flexibility index (Phi) is 6.85. The third-order valence-electron chi connectivity index (χ3n) is 4.44. The highest BCUT2D eigenvalue weighted by Gasteiger charge is 2.23. The minimum absolute atomic E-state index is 0.00824. The predicted octanol–water partition coefficient (Wildman–Crippen LogP) is 2.16. The van der Waals surface area contributed by atoms with Gasteiger partial charge in [-0.3, -0.25) is 8.98 Å². The van der Waals surface area contributed by atoms with Crippen LogP contribution in [0.2, 0.25) is 1.41 Å². The van der Waals surface area contributed by atoms with E-state index in [4.69, 9.17) is 16.1 Å². The van der Waals surface area contributed by atoms with Crippen molar-refractivity contribution in [2.75, 3.05) is 30.9 Å². The van der Waals surface area contributed by atoms with Gasteiger partial charge >= 0.3 is 0 Å². The molecule has 0 aliphatic rings. The van der Waals surface area contributed by atoms with E-state index in [0.29, 0.717) is 16.2 Å². The van der Waals surface area contributed by atoms with Gasteiger partial charge in [0.05, 0.1) is 43.2 Å². The molecule has 0 saturated heterocycles. The Morgan fingerprint density at radius 2 is 1.94 bits per heavy atom. The Balaban J connectivity index is 2.00. The quantitative estimate of drug-likeness (QED) is 0.440. The van der Waals surface area contributed by atoms with Gasteiger partial charge in [0, 0.05) is 16.9 Å². The number of nitrogens with two attached hydrogens (primary N) is 1. The minimum Gasteiger partial charge on any atom is -0.377 e. The first-order valence-corrected chi connectivity index (χ1v) is 11.8. The van der Waals surface area contributed by atoms with E-state index < -0.39 is 27.3 Å². The van der Waals surface area contributed by atoms with E-state index in [-0.39, 0.29) is 25.1 Å². The van der Waals surface area contributed by atoms with Crippen LogP contribution in [0.25, 0.3) is 10.9 Å². The number of benzene rings is 2. The van der Waals surface area contributed by atoms with Gasteiger partial charge in [0.25, 0.3) is 15.7 Å². The number of nitrogens with zero attached hydrogens (tertiary/aromatic N) is 2. The topological polar surface area (TPSA) is 128 Å². The maximum absolute atomic E-state index is 12.5. The molecule has 0 spiro atoms. The Morgan fingerprint density at radius 3 is 2.59 bits per heavy atom. The van der Waals surface area contributed by atoms with Crippen LogP contribution >= 0.6 is 0 Å². The smallest absolute Gasteiger partial charge is 0.264 e. The number of aromatic amines is 1. The number of hydrogen-bond donors (Lipinski definition) is 2. The summed E-state index contributed by atoms with van der Waals surface area (Å²) in [7, 11) is -3.77. The summed E-state index contributed by atoms with van der Waals surface area (Å²) in [6.45, 7) is 3.93. The van der Waals surface area contributed by atoms with E-state index in [9.17, 15) is 13.2 Å². The van der Waals surface area contributed by atoms with Crippen LogP contribution in [0.4, 0.5) is 11.4 Å². The first-order chi connectivity index (χ1) is 15.4. The fraction of sp³-hybridized carbons (Fsp3) is 0.364. The fourth-order valence-corrected chi connectivity index (χ4v) is 3.78. The van der Waals surface area contributed by atoms with Crippen LogP contribution in [-0.4, -0.2) is 56.0 Å². The van der Waals surface area contributed by atoms with Crippen molar-refractivity contribution < 1.29 is 18.7 Å². The van der Waals surface area contributed by atoms with E-state index in [0.717, 1.165) is 18.3 Å². The maximum Gasteiger partial charge on any atom is 0.264 e. The van der Waals surface area contributed by atoms with Crippen molar-refractivity contribution in [1.82, 2.24) is 9.96 Å². The summed E-state index contributed by atoms with van der Waals surface area (Å²) in [5, 5.41) is 0.271. The minimum atomic E-state index is -3.77. The maximum atomic E-state index is 12.5. The van der Waals surface area contributed by atoms with Crippen molar-refractivity contribution in [1.29, 1.82) is 0 Å². The number of aromatic nitrogens is 2. The van der Waals surface area contributed by atoms with Crippen molar-refractivity contribution in [3.8, 4) is 0 Å². The van der Waals surface area contributed by atoms with Gasteiger partial charge in [-0.15, -0.1) is 0 Å². The van der Waals surface area contributed by atoms with Gasteiger partial charge in [-0.25, -0.2) is 4.98 Å². The molecular weight excluding hydrogens is 432 g/mol.